The summed E-state index contributed by atoms with van der Waals surface area (Å²) in [5.41, 5.74) is 5.98. The SMILES string of the molecule is CC(C=Cc1ccccc1)=NNC(=O)c1ccccc1C. The van der Waals surface area contributed by atoms with Crippen LogP contribution in [-0.4, -0.2) is 11.6 Å². The van der Waals surface area contributed by atoms with Crippen LogP contribution in [0.4, 0.5) is 0 Å². The Bertz CT molecular complexity index is 673. The van der Waals surface area contributed by atoms with Crippen molar-refractivity contribution in [1.29, 1.82) is 0 Å². The lowest BCUT2D eigenvalue weighted by Crippen LogP contribution is -2.19. The van der Waals surface area contributed by atoms with Crippen LogP contribution in [0.3, 0.4) is 0 Å². The number of benzene rings is 2. The van der Waals surface area contributed by atoms with Crippen LogP contribution in [0.2, 0.25) is 0 Å². The van der Waals surface area contributed by atoms with Gasteiger partial charge in [0.1, 0.15) is 0 Å². The van der Waals surface area contributed by atoms with Crippen LogP contribution < -0.4 is 5.43 Å². The Morgan fingerprint density at radius 2 is 1.71 bits per heavy atom. The van der Waals surface area contributed by atoms with Gasteiger partial charge in [-0.3, -0.25) is 4.79 Å². The third-order valence-corrected chi connectivity index (χ3v) is 3.04. The first-order chi connectivity index (χ1) is 10.2. The van der Waals surface area contributed by atoms with Gasteiger partial charge in [0.05, 0.1) is 5.71 Å². The van der Waals surface area contributed by atoms with E-state index in [1.165, 1.54) is 0 Å². The third-order valence-electron chi connectivity index (χ3n) is 3.04. The Hall–Kier alpha value is -2.68. The largest absolute Gasteiger partial charge is 0.271 e. The standard InChI is InChI=1S/C18H18N2O/c1-14-8-6-7-11-17(14)18(21)20-19-15(2)12-13-16-9-4-3-5-10-16/h3-13H,1-2H3,(H,20,21). The number of rotatable bonds is 4. The molecule has 2 aromatic carbocycles. The molecule has 0 atom stereocenters. The maximum atomic E-state index is 12.0. The molecule has 3 heteroatoms. The Balaban J connectivity index is 1.99. The van der Waals surface area contributed by atoms with E-state index in [1.54, 1.807) is 6.07 Å². The summed E-state index contributed by atoms with van der Waals surface area (Å²) in [7, 11) is 0. The van der Waals surface area contributed by atoms with Crippen molar-refractivity contribution < 1.29 is 4.79 Å². The molecule has 0 aliphatic rings. The molecule has 2 rings (SSSR count). The summed E-state index contributed by atoms with van der Waals surface area (Å²) >= 11 is 0. The zero-order valence-corrected chi connectivity index (χ0v) is 12.2. The highest BCUT2D eigenvalue weighted by Gasteiger charge is 2.06. The first-order valence-electron chi connectivity index (χ1n) is 6.80. The van der Waals surface area contributed by atoms with Crippen molar-refractivity contribution in [2.45, 2.75) is 13.8 Å². The third kappa shape index (κ3) is 4.42. The number of allylic oxidation sites excluding steroid dienone is 1. The van der Waals surface area contributed by atoms with E-state index in [1.807, 2.05) is 74.5 Å². The van der Waals surface area contributed by atoms with E-state index in [0.29, 0.717) is 5.56 Å². The van der Waals surface area contributed by atoms with Gasteiger partial charge in [-0.25, -0.2) is 5.43 Å². The molecule has 21 heavy (non-hydrogen) atoms. The molecule has 0 saturated heterocycles. The Morgan fingerprint density at radius 3 is 2.43 bits per heavy atom. The Kier molecular flexibility index (Phi) is 5.04. The monoisotopic (exact) mass is 278 g/mol. The molecule has 0 unspecified atom stereocenters. The summed E-state index contributed by atoms with van der Waals surface area (Å²) in [5, 5.41) is 4.09. The minimum absolute atomic E-state index is 0.194. The predicted octanol–water partition coefficient (Wildman–Crippen LogP) is 3.81. The smallest absolute Gasteiger partial charge is 0.267 e. The van der Waals surface area contributed by atoms with E-state index >= 15 is 0 Å². The number of amides is 1. The number of nitrogens with zero attached hydrogens (tertiary/aromatic N) is 1. The normalized spacial score (nSPS) is 11.6. The summed E-state index contributed by atoms with van der Waals surface area (Å²) in [6.45, 7) is 3.75. The van der Waals surface area contributed by atoms with Crippen LogP contribution in [0.25, 0.3) is 6.08 Å². The molecule has 0 spiro atoms. The highest BCUT2D eigenvalue weighted by Crippen LogP contribution is 2.06. The van der Waals surface area contributed by atoms with Crippen LogP contribution in [0.15, 0.2) is 65.8 Å². The summed E-state index contributed by atoms with van der Waals surface area (Å²) < 4.78 is 0. The average Bonchev–Trinajstić information content (AvgIpc) is 2.52. The van der Waals surface area contributed by atoms with Gasteiger partial charge >= 0.3 is 0 Å². The molecule has 0 aliphatic carbocycles. The molecule has 0 saturated carbocycles. The summed E-state index contributed by atoms with van der Waals surface area (Å²) in [6.07, 6.45) is 3.83. The second-order valence-electron chi connectivity index (χ2n) is 4.75. The van der Waals surface area contributed by atoms with Crippen molar-refractivity contribution in [2.75, 3.05) is 0 Å². The van der Waals surface area contributed by atoms with Gasteiger partial charge in [-0.15, -0.1) is 0 Å². The van der Waals surface area contributed by atoms with Crippen molar-refractivity contribution in [1.82, 2.24) is 5.43 Å². The first-order valence-corrected chi connectivity index (χ1v) is 6.80. The highest BCUT2D eigenvalue weighted by molar-refractivity contribution is 5.99. The van der Waals surface area contributed by atoms with E-state index in [9.17, 15) is 4.79 Å². The van der Waals surface area contributed by atoms with Gasteiger partial charge in [-0.2, -0.15) is 5.10 Å². The minimum atomic E-state index is -0.194. The van der Waals surface area contributed by atoms with Crippen LogP contribution >= 0.6 is 0 Å². The van der Waals surface area contributed by atoms with E-state index in [0.717, 1.165) is 16.8 Å². The molecule has 1 N–H and O–H groups in total. The van der Waals surface area contributed by atoms with Crippen molar-refractivity contribution >= 4 is 17.7 Å². The molecule has 0 bridgehead atoms. The van der Waals surface area contributed by atoms with E-state index < -0.39 is 0 Å². The number of carbonyl (C=O) groups is 1. The van der Waals surface area contributed by atoms with E-state index in [-0.39, 0.29) is 5.91 Å². The zero-order valence-electron chi connectivity index (χ0n) is 12.2. The number of carbonyl (C=O) groups excluding carboxylic acids is 1. The molecular weight excluding hydrogens is 260 g/mol. The summed E-state index contributed by atoms with van der Waals surface area (Å²) in [6, 6.07) is 17.4. The number of aryl methyl sites for hydroxylation is 1. The second-order valence-corrected chi connectivity index (χ2v) is 4.75. The molecule has 0 fully saturated rings. The van der Waals surface area contributed by atoms with Crippen molar-refractivity contribution in [3.05, 3.63) is 77.4 Å². The van der Waals surface area contributed by atoms with Gasteiger partial charge in [-0.1, -0.05) is 54.6 Å². The van der Waals surface area contributed by atoms with Gasteiger partial charge in [0, 0.05) is 5.56 Å². The highest BCUT2D eigenvalue weighted by atomic mass is 16.2. The molecule has 0 aliphatic heterocycles. The minimum Gasteiger partial charge on any atom is -0.267 e. The maximum absolute atomic E-state index is 12.0. The van der Waals surface area contributed by atoms with Crippen molar-refractivity contribution in [2.24, 2.45) is 5.10 Å². The number of hydrogen-bond donors (Lipinski definition) is 1. The van der Waals surface area contributed by atoms with E-state index in [4.69, 9.17) is 0 Å². The quantitative estimate of drug-likeness (QED) is 0.670. The number of nitrogens with one attached hydrogen (secondary N) is 1. The average molecular weight is 278 g/mol. The molecule has 0 radical (unpaired) electrons. The van der Waals surface area contributed by atoms with Crippen LogP contribution in [0.1, 0.15) is 28.4 Å². The van der Waals surface area contributed by atoms with Gasteiger partial charge in [-0.05, 0) is 37.1 Å². The maximum Gasteiger partial charge on any atom is 0.271 e. The number of hydrazone groups is 1. The van der Waals surface area contributed by atoms with Gasteiger partial charge < -0.3 is 0 Å². The fourth-order valence-corrected chi connectivity index (χ4v) is 1.85. The predicted molar refractivity (Wildman–Crippen MR) is 87.2 cm³/mol. The first kappa shape index (κ1) is 14.7. The van der Waals surface area contributed by atoms with Gasteiger partial charge in [0.2, 0.25) is 0 Å². The summed E-state index contributed by atoms with van der Waals surface area (Å²) in [5.74, 6) is -0.194. The lowest BCUT2D eigenvalue weighted by Gasteiger charge is -2.03. The topological polar surface area (TPSA) is 41.5 Å². The molecule has 0 heterocycles. The Labute approximate surface area is 125 Å². The zero-order chi connectivity index (χ0) is 15.1. The molecule has 0 aromatic heterocycles. The van der Waals surface area contributed by atoms with Gasteiger partial charge in [0.15, 0.2) is 0 Å². The second kappa shape index (κ2) is 7.20. The van der Waals surface area contributed by atoms with Crippen LogP contribution in [-0.2, 0) is 0 Å². The van der Waals surface area contributed by atoms with Crippen molar-refractivity contribution in [3.8, 4) is 0 Å². The fraction of sp³-hybridized carbons (Fsp3) is 0.111. The Morgan fingerprint density at radius 1 is 1.05 bits per heavy atom. The van der Waals surface area contributed by atoms with Crippen LogP contribution in [0, 0.1) is 6.92 Å². The van der Waals surface area contributed by atoms with Gasteiger partial charge in [0.25, 0.3) is 5.91 Å². The summed E-state index contributed by atoms with van der Waals surface area (Å²) in [4.78, 5) is 12.0. The molecule has 1 amide bonds. The van der Waals surface area contributed by atoms with Crippen LogP contribution in [0.5, 0.6) is 0 Å². The molecule has 3 nitrogen and oxygen atoms in total. The molecule has 2 aromatic rings. The molecule has 106 valence electrons. The lowest BCUT2D eigenvalue weighted by molar-refractivity contribution is 0.0954. The van der Waals surface area contributed by atoms with E-state index in [2.05, 4.69) is 10.5 Å². The van der Waals surface area contributed by atoms with Crippen molar-refractivity contribution in [3.63, 3.8) is 0 Å². The fourth-order valence-electron chi connectivity index (χ4n) is 1.85. The molecular formula is C18H18N2O. The lowest BCUT2D eigenvalue weighted by atomic mass is 10.1. The number of hydrogen-bond acceptors (Lipinski definition) is 2.